The van der Waals surface area contributed by atoms with Gasteiger partial charge in [0.2, 0.25) is 0 Å². The van der Waals surface area contributed by atoms with Gasteiger partial charge in [-0.3, -0.25) is 0 Å². The second kappa shape index (κ2) is 28.7. The molecule has 2 heteroatoms. The van der Waals surface area contributed by atoms with E-state index in [1.807, 2.05) is 0 Å². The Morgan fingerprint density at radius 3 is 1.10 bits per heavy atom. The highest BCUT2D eigenvalue weighted by molar-refractivity contribution is 4.84. The number of aromatic nitrogens is 2. The van der Waals surface area contributed by atoms with Gasteiger partial charge in [0.05, 0.1) is 13.6 Å². The highest BCUT2D eigenvalue weighted by Crippen LogP contribution is 2.15. The van der Waals surface area contributed by atoms with Crippen LogP contribution in [0.3, 0.4) is 0 Å². The van der Waals surface area contributed by atoms with E-state index in [0.29, 0.717) is 0 Å². The summed E-state index contributed by atoms with van der Waals surface area (Å²) in [6, 6.07) is 0. The standard InChI is InChI=1S/C37H73N2/c1-4-6-8-10-12-14-16-18-19-20-21-23-25-27-29-31-33-37-38(3)35-36-39(37)34-32-30-28-26-24-22-17-15-13-11-9-7-5-2/h35-36H,4-34H2,1-3H3/q+1. The van der Waals surface area contributed by atoms with Gasteiger partial charge in [-0.1, -0.05) is 181 Å². The number of rotatable bonds is 31. The molecule has 230 valence electrons. The fourth-order valence-electron chi connectivity index (χ4n) is 6.21. The summed E-state index contributed by atoms with van der Waals surface area (Å²) in [5.41, 5.74) is 0. The molecule has 1 rings (SSSR count). The lowest BCUT2D eigenvalue weighted by Crippen LogP contribution is -2.32. The average Bonchev–Trinajstić information content (AvgIpc) is 3.29. The molecule has 2 nitrogen and oxygen atoms in total. The van der Waals surface area contributed by atoms with Crippen molar-refractivity contribution in [1.29, 1.82) is 0 Å². The maximum absolute atomic E-state index is 2.55. The lowest BCUT2D eigenvalue weighted by Gasteiger charge is -2.05. The molecular weight excluding hydrogens is 472 g/mol. The molecule has 39 heavy (non-hydrogen) atoms. The topological polar surface area (TPSA) is 8.81 Å². The summed E-state index contributed by atoms with van der Waals surface area (Å²) in [6.07, 6.45) is 47.6. The third kappa shape index (κ3) is 22.6. The van der Waals surface area contributed by atoms with E-state index < -0.39 is 0 Å². The van der Waals surface area contributed by atoms with Crippen molar-refractivity contribution in [2.75, 3.05) is 0 Å². The van der Waals surface area contributed by atoms with E-state index in [0.717, 1.165) is 0 Å². The molecular formula is C37H73N2+. The second-order valence-corrected chi connectivity index (χ2v) is 12.8. The van der Waals surface area contributed by atoms with Gasteiger partial charge in [-0.2, -0.15) is 0 Å². The van der Waals surface area contributed by atoms with Crippen LogP contribution < -0.4 is 4.57 Å². The van der Waals surface area contributed by atoms with Crippen LogP contribution in [-0.4, -0.2) is 4.57 Å². The van der Waals surface area contributed by atoms with E-state index in [1.54, 1.807) is 5.82 Å². The van der Waals surface area contributed by atoms with Gasteiger partial charge in [0.25, 0.3) is 5.82 Å². The van der Waals surface area contributed by atoms with Crippen molar-refractivity contribution in [2.45, 2.75) is 213 Å². The quantitative estimate of drug-likeness (QED) is 0.0648. The molecule has 0 aliphatic rings. The van der Waals surface area contributed by atoms with Gasteiger partial charge in [0, 0.05) is 6.42 Å². The SMILES string of the molecule is CCCCCCCCCCCCCCCCCCc1n(CCCCCCCCCCCCCCC)cc[n+]1C. The maximum Gasteiger partial charge on any atom is 0.256 e. The number of hydrogen-bond acceptors (Lipinski definition) is 0. The molecule has 0 amide bonds. The highest BCUT2D eigenvalue weighted by atomic mass is 15.1. The predicted molar refractivity (Wildman–Crippen MR) is 175 cm³/mol. The van der Waals surface area contributed by atoms with Crippen LogP contribution in [-0.2, 0) is 20.0 Å². The molecule has 0 fully saturated rings. The molecule has 1 heterocycles. The minimum Gasteiger partial charge on any atom is -0.237 e. The minimum absolute atomic E-state index is 1.22. The van der Waals surface area contributed by atoms with Gasteiger partial charge in [0.15, 0.2) is 0 Å². The molecule has 0 N–H and O–H groups in total. The van der Waals surface area contributed by atoms with E-state index in [-0.39, 0.29) is 0 Å². The van der Waals surface area contributed by atoms with Gasteiger partial charge in [-0.15, -0.1) is 0 Å². The van der Waals surface area contributed by atoms with Crippen LogP contribution in [0.25, 0.3) is 0 Å². The molecule has 0 spiro atoms. The summed E-state index contributed by atoms with van der Waals surface area (Å²) in [4.78, 5) is 0. The fourth-order valence-corrected chi connectivity index (χ4v) is 6.21. The zero-order valence-corrected chi connectivity index (χ0v) is 27.5. The largest absolute Gasteiger partial charge is 0.256 e. The van der Waals surface area contributed by atoms with Crippen LogP contribution in [0.4, 0.5) is 0 Å². The van der Waals surface area contributed by atoms with Crippen LogP contribution in [0.2, 0.25) is 0 Å². The number of imidazole rings is 1. The Bertz CT molecular complexity index is 605. The average molecular weight is 546 g/mol. The molecule has 0 aliphatic carbocycles. The molecule has 0 saturated heterocycles. The molecule has 0 bridgehead atoms. The summed E-state index contributed by atoms with van der Waals surface area (Å²) < 4.78 is 4.91. The first-order valence-electron chi connectivity index (χ1n) is 18.3. The molecule has 0 saturated carbocycles. The van der Waals surface area contributed by atoms with Gasteiger partial charge in [0.1, 0.15) is 12.4 Å². The molecule has 1 aromatic heterocycles. The predicted octanol–water partition coefficient (Wildman–Crippen LogP) is 12.2. The Balaban J connectivity index is 1.91. The first kappa shape index (κ1) is 36.2. The zero-order chi connectivity index (χ0) is 28.1. The van der Waals surface area contributed by atoms with Gasteiger partial charge >= 0.3 is 0 Å². The summed E-state index contributed by atoms with van der Waals surface area (Å²) in [5, 5.41) is 0. The molecule has 1 aromatic rings. The number of hydrogen-bond donors (Lipinski definition) is 0. The summed E-state index contributed by atoms with van der Waals surface area (Å²) in [6.45, 7) is 5.83. The zero-order valence-electron chi connectivity index (χ0n) is 27.5. The molecule has 0 radical (unpaired) electrons. The van der Waals surface area contributed by atoms with E-state index in [1.165, 1.54) is 199 Å². The van der Waals surface area contributed by atoms with E-state index >= 15 is 0 Å². The Kier molecular flexibility index (Phi) is 26.7. The van der Waals surface area contributed by atoms with Crippen molar-refractivity contribution in [2.24, 2.45) is 7.05 Å². The van der Waals surface area contributed by atoms with Crippen molar-refractivity contribution in [1.82, 2.24) is 4.57 Å². The van der Waals surface area contributed by atoms with Crippen molar-refractivity contribution in [3.8, 4) is 0 Å². The van der Waals surface area contributed by atoms with Crippen molar-refractivity contribution in [3.63, 3.8) is 0 Å². The normalized spacial score (nSPS) is 11.6. The van der Waals surface area contributed by atoms with Gasteiger partial charge in [-0.25, -0.2) is 9.13 Å². The third-order valence-electron chi connectivity index (χ3n) is 8.97. The maximum atomic E-state index is 2.55. The van der Waals surface area contributed by atoms with Crippen LogP contribution in [0.15, 0.2) is 12.4 Å². The Labute approximate surface area is 247 Å². The molecule has 0 atom stereocenters. The summed E-state index contributed by atoms with van der Waals surface area (Å²) >= 11 is 0. The van der Waals surface area contributed by atoms with E-state index in [9.17, 15) is 0 Å². The van der Waals surface area contributed by atoms with Crippen LogP contribution in [0.1, 0.15) is 206 Å². The van der Waals surface area contributed by atoms with Gasteiger partial charge < -0.3 is 0 Å². The molecule has 0 aromatic carbocycles. The molecule has 0 unspecified atom stereocenters. The van der Waals surface area contributed by atoms with Crippen LogP contribution in [0.5, 0.6) is 0 Å². The Hall–Kier alpha value is -0.790. The number of unbranched alkanes of at least 4 members (excludes halogenated alkanes) is 27. The summed E-state index contributed by atoms with van der Waals surface area (Å²) in [5.74, 6) is 1.54. The van der Waals surface area contributed by atoms with Crippen molar-refractivity contribution in [3.05, 3.63) is 18.2 Å². The Morgan fingerprint density at radius 1 is 0.436 bits per heavy atom. The monoisotopic (exact) mass is 546 g/mol. The highest BCUT2D eigenvalue weighted by Gasteiger charge is 2.13. The summed E-state index contributed by atoms with van der Waals surface area (Å²) in [7, 11) is 2.24. The third-order valence-corrected chi connectivity index (χ3v) is 8.97. The first-order chi connectivity index (χ1) is 19.3. The minimum atomic E-state index is 1.22. The van der Waals surface area contributed by atoms with Crippen LogP contribution >= 0.6 is 0 Å². The number of aryl methyl sites for hydroxylation is 2. The molecule has 0 aliphatic heterocycles. The fraction of sp³-hybridized carbons (Fsp3) is 0.919. The lowest BCUT2D eigenvalue weighted by atomic mass is 10.0. The van der Waals surface area contributed by atoms with Crippen molar-refractivity contribution < 1.29 is 4.57 Å². The second-order valence-electron chi connectivity index (χ2n) is 12.8. The van der Waals surface area contributed by atoms with E-state index in [4.69, 9.17) is 0 Å². The first-order valence-corrected chi connectivity index (χ1v) is 18.3. The van der Waals surface area contributed by atoms with Gasteiger partial charge in [-0.05, 0) is 19.3 Å². The van der Waals surface area contributed by atoms with Crippen LogP contribution in [0, 0.1) is 0 Å². The smallest absolute Gasteiger partial charge is 0.237 e. The number of nitrogens with zero attached hydrogens (tertiary/aromatic N) is 2. The van der Waals surface area contributed by atoms with Crippen molar-refractivity contribution >= 4 is 0 Å². The Morgan fingerprint density at radius 2 is 0.744 bits per heavy atom. The van der Waals surface area contributed by atoms with E-state index in [2.05, 4.69) is 42.4 Å². The lowest BCUT2D eigenvalue weighted by molar-refractivity contribution is -0.678.